The van der Waals surface area contributed by atoms with Gasteiger partial charge in [-0.05, 0) is 13.0 Å². The second-order valence-electron chi connectivity index (χ2n) is 9.41. The van der Waals surface area contributed by atoms with E-state index in [0.29, 0.717) is 11.0 Å². The van der Waals surface area contributed by atoms with E-state index in [1.54, 1.807) is 0 Å². The lowest BCUT2D eigenvalue weighted by Gasteiger charge is -2.23. The van der Waals surface area contributed by atoms with Crippen LogP contribution in [-0.4, -0.2) is 73.4 Å². The number of nitrogens with zero attached hydrogens (tertiary/aromatic N) is 1. The molecule has 0 spiro atoms. The van der Waals surface area contributed by atoms with E-state index in [-0.39, 0.29) is 13.2 Å². The van der Waals surface area contributed by atoms with E-state index in [2.05, 4.69) is 16.8 Å². The summed E-state index contributed by atoms with van der Waals surface area (Å²) in [5.41, 5.74) is 0. The van der Waals surface area contributed by atoms with Crippen LogP contribution in [0.4, 0.5) is 0 Å². The van der Waals surface area contributed by atoms with Gasteiger partial charge in [0.15, 0.2) is 0 Å². The Kier molecular flexibility index (Phi) is 24.8. The first-order valence-electron chi connectivity index (χ1n) is 12.4. The molecular formula is C23H54N2O5P+. The molecule has 4 N–H and O–H groups in total. The monoisotopic (exact) mass is 469 g/mol. The van der Waals surface area contributed by atoms with Gasteiger partial charge >= 0.3 is 7.82 Å². The molecule has 190 valence electrons. The molecule has 0 aliphatic rings. The SMILES string of the molecule is CCCCCCCCCCCCCCCCNCCO.C[N+](C)(C)CCOP(=O)(O)O. The molecule has 0 saturated carbocycles. The van der Waals surface area contributed by atoms with Crippen molar-refractivity contribution in [3.63, 3.8) is 0 Å². The number of phosphoric acid groups is 1. The zero-order valence-corrected chi connectivity index (χ0v) is 21.9. The van der Waals surface area contributed by atoms with Crippen molar-refractivity contribution >= 4 is 7.82 Å². The van der Waals surface area contributed by atoms with Crippen LogP contribution in [0, 0.1) is 0 Å². The van der Waals surface area contributed by atoms with Gasteiger partial charge in [0.25, 0.3) is 0 Å². The Morgan fingerprint density at radius 3 is 1.52 bits per heavy atom. The van der Waals surface area contributed by atoms with Crippen molar-refractivity contribution < 1.29 is 28.5 Å². The summed E-state index contributed by atoms with van der Waals surface area (Å²) < 4.78 is 15.1. The van der Waals surface area contributed by atoms with E-state index >= 15 is 0 Å². The summed E-state index contributed by atoms with van der Waals surface area (Å²) >= 11 is 0. The van der Waals surface area contributed by atoms with E-state index in [0.717, 1.165) is 13.1 Å². The van der Waals surface area contributed by atoms with E-state index in [4.69, 9.17) is 14.9 Å². The van der Waals surface area contributed by atoms with Gasteiger partial charge in [-0.3, -0.25) is 4.52 Å². The van der Waals surface area contributed by atoms with Crippen molar-refractivity contribution in [2.24, 2.45) is 0 Å². The number of hydrogen-bond acceptors (Lipinski definition) is 4. The molecule has 31 heavy (non-hydrogen) atoms. The van der Waals surface area contributed by atoms with E-state index in [1.165, 1.54) is 89.9 Å². The molecule has 0 radical (unpaired) electrons. The van der Waals surface area contributed by atoms with Crippen LogP contribution in [0.2, 0.25) is 0 Å². The van der Waals surface area contributed by atoms with Crippen LogP contribution in [0.15, 0.2) is 0 Å². The summed E-state index contributed by atoms with van der Waals surface area (Å²) in [5.74, 6) is 0. The topological polar surface area (TPSA) is 99.0 Å². The number of aliphatic hydroxyl groups is 1. The summed E-state index contributed by atoms with van der Waals surface area (Å²) in [4.78, 5) is 16.6. The van der Waals surface area contributed by atoms with Crippen LogP contribution in [0.5, 0.6) is 0 Å². The number of likely N-dealkylation sites (N-methyl/N-ethyl adjacent to an activating group) is 1. The minimum absolute atomic E-state index is 0.0772. The maximum atomic E-state index is 10.2. The molecule has 0 amide bonds. The number of aliphatic hydroxyl groups excluding tert-OH is 1. The highest BCUT2D eigenvalue weighted by atomic mass is 31.2. The van der Waals surface area contributed by atoms with E-state index in [1.807, 2.05) is 21.1 Å². The largest absolute Gasteiger partial charge is 0.469 e. The van der Waals surface area contributed by atoms with Gasteiger partial charge < -0.3 is 24.7 Å². The van der Waals surface area contributed by atoms with Gasteiger partial charge in [0.2, 0.25) is 0 Å². The van der Waals surface area contributed by atoms with Crippen molar-refractivity contribution in [3.05, 3.63) is 0 Å². The highest BCUT2D eigenvalue weighted by Crippen LogP contribution is 2.35. The third kappa shape index (κ3) is 37.6. The van der Waals surface area contributed by atoms with Gasteiger partial charge in [-0.15, -0.1) is 0 Å². The van der Waals surface area contributed by atoms with Crippen LogP contribution < -0.4 is 5.32 Å². The fraction of sp³-hybridized carbons (Fsp3) is 1.00. The lowest BCUT2D eigenvalue weighted by molar-refractivity contribution is -0.870. The Morgan fingerprint density at radius 2 is 1.16 bits per heavy atom. The molecular weight excluding hydrogens is 415 g/mol. The average Bonchev–Trinajstić information content (AvgIpc) is 2.66. The highest BCUT2D eigenvalue weighted by molar-refractivity contribution is 7.46. The Bertz CT molecular complexity index is 382. The number of phosphoric ester groups is 1. The molecule has 0 fully saturated rings. The molecule has 0 aromatic carbocycles. The first-order chi connectivity index (χ1) is 14.6. The summed E-state index contributed by atoms with van der Waals surface area (Å²) in [5, 5.41) is 11.8. The van der Waals surface area contributed by atoms with Crippen molar-refractivity contribution in [2.45, 2.75) is 96.8 Å². The molecule has 0 aliphatic carbocycles. The standard InChI is InChI=1S/C18H39NO.C5H14NO4P/c1-2-3-4-5-6-7-8-9-10-11-12-13-14-15-16-19-17-18-20;1-6(2,3)4-5-10-11(7,8)9/h19-20H,2-18H2,1H3;4-5H2,1-3H3,(H-,7,8,9)/p+1. The Balaban J connectivity index is 0. The summed E-state index contributed by atoms with van der Waals surface area (Å²) in [6, 6.07) is 0. The second-order valence-corrected chi connectivity index (χ2v) is 10.6. The number of unbranched alkanes of at least 4 members (excludes halogenated alkanes) is 13. The molecule has 0 aromatic rings. The third-order valence-corrected chi connectivity index (χ3v) is 5.54. The summed E-state index contributed by atoms with van der Waals surface area (Å²) in [7, 11) is 1.50. The molecule has 0 rings (SSSR count). The Morgan fingerprint density at radius 1 is 0.742 bits per heavy atom. The van der Waals surface area contributed by atoms with E-state index in [9.17, 15) is 4.57 Å². The average molecular weight is 470 g/mol. The van der Waals surface area contributed by atoms with Crippen LogP contribution >= 0.6 is 7.82 Å². The molecule has 0 bridgehead atoms. The van der Waals surface area contributed by atoms with Crippen LogP contribution in [0.3, 0.4) is 0 Å². The van der Waals surface area contributed by atoms with Crippen molar-refractivity contribution in [2.75, 3.05) is 54.0 Å². The van der Waals surface area contributed by atoms with Gasteiger partial charge in [0, 0.05) is 6.54 Å². The zero-order valence-electron chi connectivity index (χ0n) is 21.0. The van der Waals surface area contributed by atoms with Crippen molar-refractivity contribution in [1.82, 2.24) is 5.32 Å². The number of rotatable bonds is 21. The minimum atomic E-state index is -4.26. The molecule has 0 aliphatic heterocycles. The predicted molar refractivity (Wildman–Crippen MR) is 131 cm³/mol. The zero-order chi connectivity index (χ0) is 23.8. The highest BCUT2D eigenvalue weighted by Gasteiger charge is 2.16. The van der Waals surface area contributed by atoms with Gasteiger partial charge in [0.1, 0.15) is 13.2 Å². The lowest BCUT2D eigenvalue weighted by atomic mass is 10.0. The maximum absolute atomic E-state index is 10.2. The summed E-state index contributed by atoms with van der Waals surface area (Å²) in [6.07, 6.45) is 19.8. The van der Waals surface area contributed by atoms with Gasteiger partial charge in [0.05, 0.1) is 27.7 Å². The molecule has 0 aromatic heterocycles. The van der Waals surface area contributed by atoms with Gasteiger partial charge in [-0.2, -0.15) is 0 Å². The predicted octanol–water partition coefficient (Wildman–Crippen LogP) is 4.85. The number of hydrogen-bond donors (Lipinski definition) is 4. The fourth-order valence-electron chi connectivity index (χ4n) is 3.08. The molecule has 0 atom stereocenters. The summed E-state index contributed by atoms with van der Waals surface area (Å²) in [6.45, 7) is 5.01. The smallest absolute Gasteiger partial charge is 0.395 e. The molecule has 7 nitrogen and oxygen atoms in total. The molecule has 0 heterocycles. The molecule has 0 unspecified atom stereocenters. The number of nitrogens with one attached hydrogen (secondary N) is 1. The molecule has 8 heteroatoms. The number of quaternary nitrogens is 1. The lowest BCUT2D eigenvalue weighted by Crippen LogP contribution is -2.37. The minimum Gasteiger partial charge on any atom is -0.395 e. The van der Waals surface area contributed by atoms with Gasteiger partial charge in [-0.1, -0.05) is 90.4 Å². The molecule has 0 saturated heterocycles. The Labute approximate surface area is 192 Å². The second kappa shape index (κ2) is 23.2. The Hall–Kier alpha value is -0.0100. The maximum Gasteiger partial charge on any atom is 0.469 e. The first-order valence-corrected chi connectivity index (χ1v) is 14.0. The third-order valence-electron chi connectivity index (χ3n) is 5.02. The first kappa shape index (κ1) is 33.2. The van der Waals surface area contributed by atoms with Crippen molar-refractivity contribution in [3.8, 4) is 0 Å². The van der Waals surface area contributed by atoms with E-state index < -0.39 is 7.82 Å². The normalized spacial score (nSPS) is 12.0. The fourth-order valence-corrected chi connectivity index (χ4v) is 3.40. The van der Waals surface area contributed by atoms with Gasteiger partial charge in [-0.25, -0.2) is 4.57 Å². The quantitative estimate of drug-likeness (QED) is 0.109. The van der Waals surface area contributed by atoms with Crippen LogP contribution in [0.1, 0.15) is 96.8 Å². The van der Waals surface area contributed by atoms with Crippen LogP contribution in [0.25, 0.3) is 0 Å². The van der Waals surface area contributed by atoms with Crippen molar-refractivity contribution in [1.29, 1.82) is 0 Å². The van der Waals surface area contributed by atoms with Crippen LogP contribution in [-0.2, 0) is 9.09 Å².